The van der Waals surface area contributed by atoms with E-state index < -0.39 is 0 Å². The molecule has 2 aromatic heterocycles. The topological polar surface area (TPSA) is 60.1 Å². The van der Waals surface area contributed by atoms with Gasteiger partial charge in [-0.15, -0.1) is 20.6 Å². The van der Waals surface area contributed by atoms with Crippen molar-refractivity contribution in [2.24, 2.45) is 0 Å². The lowest BCUT2D eigenvalue weighted by atomic mass is 10.0. The Morgan fingerprint density at radius 3 is 2.59 bits per heavy atom. The lowest BCUT2D eigenvalue weighted by Gasteiger charge is -2.07. The first kappa shape index (κ1) is 19.4. The Balaban J connectivity index is 1.68. The van der Waals surface area contributed by atoms with Crippen LogP contribution in [-0.2, 0) is 12.8 Å². The maximum atomic E-state index is 9.65. The maximum Gasteiger partial charge on any atom is 0.128 e. The number of aryl methyl sites for hydroxylation is 2. The van der Waals surface area contributed by atoms with Gasteiger partial charge >= 0.3 is 0 Å². The molecule has 7 heteroatoms. The predicted molar refractivity (Wildman–Crippen MR) is 120 cm³/mol. The van der Waals surface area contributed by atoms with E-state index in [2.05, 4.69) is 32.4 Å². The maximum absolute atomic E-state index is 9.65. The quantitative estimate of drug-likeness (QED) is 0.437. The van der Waals surface area contributed by atoms with Gasteiger partial charge in [-0.05, 0) is 42.2 Å². The highest BCUT2D eigenvalue weighted by molar-refractivity contribution is 7.27. The summed E-state index contributed by atoms with van der Waals surface area (Å²) in [5.41, 5.74) is 4.01. The second kappa shape index (κ2) is 8.24. The summed E-state index contributed by atoms with van der Waals surface area (Å²) in [6.07, 6.45) is 3.38. The Labute approximate surface area is 175 Å². The first-order valence-electron chi connectivity index (χ1n) is 9.10. The molecule has 0 saturated carbocycles. The molecule has 2 heterocycles. The summed E-state index contributed by atoms with van der Waals surface area (Å²) in [7, 11) is 6.01. The smallest absolute Gasteiger partial charge is 0.128 e. The SMILES string of the molecule is COc1cc2c(cc1P)ncn2-c1cc(CCc2ccccc2OC)c(C#N)s1. The van der Waals surface area contributed by atoms with Crippen LogP contribution in [0.3, 0.4) is 0 Å². The number of aromatic nitrogens is 2. The molecule has 0 spiro atoms. The third-order valence-electron chi connectivity index (χ3n) is 4.89. The zero-order valence-corrected chi connectivity index (χ0v) is 18.1. The Kier molecular flexibility index (Phi) is 5.53. The largest absolute Gasteiger partial charge is 0.496 e. The van der Waals surface area contributed by atoms with E-state index in [0.29, 0.717) is 0 Å². The lowest BCUT2D eigenvalue weighted by Crippen LogP contribution is -1.99. The summed E-state index contributed by atoms with van der Waals surface area (Å²) in [5.74, 6) is 1.67. The van der Waals surface area contributed by atoms with E-state index in [9.17, 15) is 5.26 Å². The van der Waals surface area contributed by atoms with Crippen molar-refractivity contribution in [3.05, 3.63) is 64.8 Å². The Morgan fingerprint density at radius 2 is 1.83 bits per heavy atom. The van der Waals surface area contributed by atoms with Crippen molar-refractivity contribution in [3.63, 3.8) is 0 Å². The molecule has 0 amide bonds. The number of hydrogen-bond acceptors (Lipinski definition) is 5. The molecule has 1 unspecified atom stereocenters. The van der Waals surface area contributed by atoms with Crippen LogP contribution in [0.25, 0.3) is 16.0 Å². The van der Waals surface area contributed by atoms with Crippen LogP contribution in [0, 0.1) is 11.3 Å². The van der Waals surface area contributed by atoms with E-state index >= 15 is 0 Å². The Morgan fingerprint density at radius 1 is 1.07 bits per heavy atom. The van der Waals surface area contributed by atoms with Gasteiger partial charge in [0.05, 0.1) is 25.3 Å². The van der Waals surface area contributed by atoms with Gasteiger partial charge in [0.25, 0.3) is 0 Å². The molecular formula is C22H20N3O2PS. The first-order valence-corrected chi connectivity index (χ1v) is 10.5. The number of para-hydroxylation sites is 1. The zero-order valence-electron chi connectivity index (χ0n) is 16.2. The summed E-state index contributed by atoms with van der Waals surface area (Å²) >= 11 is 1.48. The molecule has 0 saturated heterocycles. The molecule has 1 atom stereocenters. The summed E-state index contributed by atoms with van der Waals surface area (Å²) in [5, 5.41) is 11.6. The second-order valence-electron chi connectivity index (χ2n) is 6.56. The normalized spacial score (nSPS) is 10.8. The van der Waals surface area contributed by atoms with Crippen molar-refractivity contribution in [1.82, 2.24) is 9.55 Å². The molecule has 0 aliphatic rings. The number of benzene rings is 2. The number of hydrogen-bond donors (Lipinski definition) is 0. The van der Waals surface area contributed by atoms with E-state index in [0.717, 1.165) is 61.7 Å². The number of imidazole rings is 1. The van der Waals surface area contributed by atoms with Gasteiger partial charge in [-0.25, -0.2) is 4.98 Å². The van der Waals surface area contributed by atoms with Crippen LogP contribution in [0.5, 0.6) is 11.5 Å². The van der Waals surface area contributed by atoms with Crippen LogP contribution in [0.2, 0.25) is 0 Å². The molecule has 0 aliphatic carbocycles. The number of nitriles is 1. The molecule has 0 fully saturated rings. The van der Waals surface area contributed by atoms with Crippen molar-refractivity contribution < 1.29 is 9.47 Å². The zero-order chi connectivity index (χ0) is 20.4. The van der Waals surface area contributed by atoms with Crippen LogP contribution in [0.4, 0.5) is 0 Å². The van der Waals surface area contributed by atoms with Crippen LogP contribution in [0.15, 0.2) is 48.8 Å². The van der Waals surface area contributed by atoms with Gasteiger partial charge in [-0.2, -0.15) is 5.26 Å². The van der Waals surface area contributed by atoms with E-state index in [1.807, 2.05) is 34.9 Å². The molecule has 0 N–H and O–H groups in total. The average Bonchev–Trinajstić information content (AvgIpc) is 3.34. The highest BCUT2D eigenvalue weighted by Gasteiger charge is 2.15. The number of ether oxygens (including phenoxy) is 2. The fourth-order valence-electron chi connectivity index (χ4n) is 3.40. The summed E-state index contributed by atoms with van der Waals surface area (Å²) in [6.45, 7) is 0. The van der Waals surface area contributed by atoms with Gasteiger partial charge in [-0.3, -0.25) is 4.57 Å². The molecule has 2 aromatic carbocycles. The third-order valence-corrected chi connectivity index (χ3v) is 6.42. The van der Waals surface area contributed by atoms with E-state index in [-0.39, 0.29) is 0 Å². The number of nitrogens with zero attached hydrogens (tertiary/aromatic N) is 3. The highest BCUT2D eigenvalue weighted by Crippen LogP contribution is 2.31. The molecule has 146 valence electrons. The van der Waals surface area contributed by atoms with Gasteiger partial charge in [0, 0.05) is 11.4 Å². The third kappa shape index (κ3) is 3.72. The molecule has 5 nitrogen and oxygen atoms in total. The predicted octanol–water partition coefficient (Wildman–Crippen LogP) is 4.26. The van der Waals surface area contributed by atoms with Crippen molar-refractivity contribution >= 4 is 36.9 Å². The van der Waals surface area contributed by atoms with Crippen molar-refractivity contribution in [2.75, 3.05) is 14.2 Å². The summed E-state index contributed by atoms with van der Waals surface area (Å²) in [4.78, 5) is 5.24. The van der Waals surface area contributed by atoms with Crippen molar-refractivity contribution in [3.8, 4) is 22.6 Å². The highest BCUT2D eigenvalue weighted by atomic mass is 32.1. The Bertz CT molecular complexity index is 1220. The fourth-order valence-corrected chi connectivity index (χ4v) is 4.75. The molecule has 0 aliphatic heterocycles. The van der Waals surface area contributed by atoms with Crippen molar-refractivity contribution in [2.45, 2.75) is 12.8 Å². The minimum Gasteiger partial charge on any atom is -0.496 e. The molecule has 0 bridgehead atoms. The minimum absolute atomic E-state index is 0.728. The van der Waals surface area contributed by atoms with Crippen LogP contribution < -0.4 is 14.8 Å². The van der Waals surface area contributed by atoms with Crippen LogP contribution in [-0.4, -0.2) is 23.8 Å². The molecular weight excluding hydrogens is 401 g/mol. The van der Waals surface area contributed by atoms with Gasteiger partial charge in [-0.1, -0.05) is 18.2 Å². The van der Waals surface area contributed by atoms with Crippen molar-refractivity contribution in [1.29, 1.82) is 5.26 Å². The fraction of sp³-hybridized carbons (Fsp3) is 0.182. The second-order valence-corrected chi connectivity index (χ2v) is 8.21. The summed E-state index contributed by atoms with van der Waals surface area (Å²) < 4.78 is 12.9. The van der Waals surface area contributed by atoms with Crippen LogP contribution >= 0.6 is 20.6 Å². The number of methoxy groups -OCH3 is 2. The monoisotopic (exact) mass is 421 g/mol. The minimum atomic E-state index is 0.728. The van der Waals surface area contributed by atoms with E-state index in [1.165, 1.54) is 11.3 Å². The first-order chi connectivity index (χ1) is 14.1. The lowest BCUT2D eigenvalue weighted by molar-refractivity contribution is 0.409. The molecule has 29 heavy (non-hydrogen) atoms. The standard InChI is InChI=1S/C22H20N3O2PS/c1-26-18-6-4-3-5-14(18)7-8-15-9-22(29-21(15)12-23)25-13-24-16-10-20(28)19(27-2)11-17(16)25/h3-6,9-11,13H,7-8,28H2,1-2H3. The van der Waals surface area contributed by atoms with Gasteiger partial charge in [0.2, 0.25) is 0 Å². The van der Waals surface area contributed by atoms with E-state index in [4.69, 9.17) is 9.47 Å². The number of rotatable bonds is 6. The molecule has 4 rings (SSSR count). The van der Waals surface area contributed by atoms with Gasteiger partial charge in [0.15, 0.2) is 0 Å². The van der Waals surface area contributed by atoms with E-state index in [1.54, 1.807) is 20.5 Å². The van der Waals surface area contributed by atoms with Gasteiger partial charge in [0.1, 0.15) is 33.8 Å². The Hall–Kier alpha value is -2.87. The average molecular weight is 421 g/mol. The van der Waals surface area contributed by atoms with Gasteiger partial charge < -0.3 is 9.47 Å². The summed E-state index contributed by atoms with van der Waals surface area (Å²) in [6, 6.07) is 16.4. The number of fused-ring (bicyclic) bond motifs is 1. The van der Waals surface area contributed by atoms with Crippen LogP contribution in [0.1, 0.15) is 16.0 Å². The number of thiophene rings is 1. The molecule has 4 aromatic rings. The molecule has 0 radical (unpaired) electrons.